The van der Waals surface area contributed by atoms with Crippen molar-refractivity contribution in [1.82, 2.24) is 4.57 Å². The number of nitrogens with zero attached hydrogens (tertiary/aromatic N) is 3. The van der Waals surface area contributed by atoms with E-state index in [1.807, 2.05) is 12.1 Å². The summed E-state index contributed by atoms with van der Waals surface area (Å²) in [4.78, 5) is 4.66. The molecule has 0 aliphatic carbocycles. The molecule has 252 valence electrons. The van der Waals surface area contributed by atoms with Crippen LogP contribution in [0.4, 0.5) is 34.1 Å². The first-order valence-electron chi connectivity index (χ1n) is 17.7. The molecule has 53 heavy (non-hydrogen) atoms. The van der Waals surface area contributed by atoms with Crippen LogP contribution in [0.3, 0.4) is 0 Å². The summed E-state index contributed by atoms with van der Waals surface area (Å²) < 4.78 is 9.56. The number of benzene rings is 8. The number of para-hydroxylation sites is 5. The Bertz CT molecular complexity index is 2920. The van der Waals surface area contributed by atoms with Crippen molar-refractivity contribution in [2.24, 2.45) is 0 Å². The van der Waals surface area contributed by atoms with Crippen molar-refractivity contribution in [3.63, 3.8) is 0 Å². The number of fused-ring (bicyclic) bond motifs is 6. The monoisotopic (exact) mass is 745 g/mol. The third-order valence-corrected chi connectivity index (χ3v) is 10.4. The predicted octanol–water partition coefficient (Wildman–Crippen LogP) is 14.4. The molecule has 0 spiro atoms. The quantitative estimate of drug-likeness (QED) is 0.162. The van der Waals surface area contributed by atoms with Crippen LogP contribution in [-0.2, 0) is 0 Å². The Morgan fingerprint density at radius 2 is 0.887 bits per heavy atom. The maximum Gasteiger partial charge on any atom is 0.135 e. The van der Waals surface area contributed by atoms with Gasteiger partial charge in [-0.05, 0) is 97.1 Å². The van der Waals surface area contributed by atoms with Crippen molar-refractivity contribution < 1.29 is 4.42 Å². The normalized spacial score (nSPS) is 11.5. The number of aromatic nitrogens is 1. The molecular formula is C48H32BrN3O. The van der Waals surface area contributed by atoms with Gasteiger partial charge >= 0.3 is 0 Å². The van der Waals surface area contributed by atoms with Gasteiger partial charge in [-0.1, -0.05) is 113 Å². The number of halogens is 1. The summed E-state index contributed by atoms with van der Waals surface area (Å²) >= 11 is 3.94. The number of hydrogen-bond acceptors (Lipinski definition) is 3. The van der Waals surface area contributed by atoms with Gasteiger partial charge in [0.1, 0.15) is 11.2 Å². The molecular weight excluding hydrogens is 714 g/mol. The van der Waals surface area contributed by atoms with Crippen LogP contribution in [0.1, 0.15) is 0 Å². The highest BCUT2D eigenvalue weighted by atomic mass is 79.9. The highest BCUT2D eigenvalue weighted by Crippen LogP contribution is 2.44. The summed E-state index contributed by atoms with van der Waals surface area (Å²) in [5.41, 5.74) is 11.5. The smallest absolute Gasteiger partial charge is 0.135 e. The van der Waals surface area contributed by atoms with Crippen LogP contribution >= 0.6 is 15.9 Å². The van der Waals surface area contributed by atoms with Crippen LogP contribution in [0.25, 0.3) is 49.4 Å². The number of rotatable bonds is 7. The molecule has 10 rings (SSSR count). The second kappa shape index (κ2) is 12.9. The maximum atomic E-state index is 6.22. The highest BCUT2D eigenvalue weighted by molar-refractivity contribution is 9.10. The second-order valence-corrected chi connectivity index (χ2v) is 14.1. The van der Waals surface area contributed by atoms with Crippen LogP contribution in [-0.4, -0.2) is 4.57 Å². The van der Waals surface area contributed by atoms with E-state index < -0.39 is 0 Å². The number of furan rings is 1. The van der Waals surface area contributed by atoms with Gasteiger partial charge in [-0.25, -0.2) is 0 Å². The van der Waals surface area contributed by atoms with E-state index in [0.29, 0.717) is 0 Å². The van der Waals surface area contributed by atoms with E-state index in [9.17, 15) is 0 Å². The SMILES string of the molecule is Brc1cc(N(c2ccccc2)c2ccc3oc4ccccc4c3c2)cc(N(c2ccccc2)c2ccc3c4ccccc4n(-c4ccccc4)c3c2)c1. The Balaban J connectivity index is 1.18. The molecule has 0 radical (unpaired) electrons. The van der Waals surface area contributed by atoms with Gasteiger partial charge in [0.05, 0.1) is 11.0 Å². The minimum Gasteiger partial charge on any atom is -0.456 e. The average molecular weight is 747 g/mol. The Morgan fingerprint density at radius 1 is 0.358 bits per heavy atom. The van der Waals surface area contributed by atoms with Crippen molar-refractivity contribution in [2.45, 2.75) is 0 Å². The zero-order valence-corrected chi connectivity index (χ0v) is 30.2. The third kappa shape index (κ3) is 5.45. The summed E-state index contributed by atoms with van der Waals surface area (Å²) in [7, 11) is 0. The first-order chi connectivity index (χ1) is 26.2. The lowest BCUT2D eigenvalue weighted by Gasteiger charge is -2.30. The average Bonchev–Trinajstić information content (AvgIpc) is 3.74. The minimum absolute atomic E-state index is 0.872. The number of hydrogen-bond donors (Lipinski definition) is 0. The van der Waals surface area contributed by atoms with Crippen molar-refractivity contribution in [1.29, 1.82) is 0 Å². The molecule has 0 N–H and O–H groups in total. The molecule has 4 nitrogen and oxygen atoms in total. The van der Waals surface area contributed by atoms with Gasteiger partial charge in [-0.3, -0.25) is 0 Å². The Morgan fingerprint density at radius 3 is 1.58 bits per heavy atom. The Kier molecular flexibility index (Phi) is 7.59. The molecule has 2 aromatic heterocycles. The van der Waals surface area contributed by atoms with Crippen LogP contribution < -0.4 is 9.80 Å². The van der Waals surface area contributed by atoms with Gasteiger partial charge in [0.2, 0.25) is 0 Å². The van der Waals surface area contributed by atoms with Crippen molar-refractivity contribution >= 4 is 93.8 Å². The highest BCUT2D eigenvalue weighted by Gasteiger charge is 2.21. The van der Waals surface area contributed by atoms with Crippen LogP contribution in [0.5, 0.6) is 0 Å². The fourth-order valence-electron chi connectivity index (χ4n) is 7.67. The first kappa shape index (κ1) is 31.2. The molecule has 0 unspecified atom stereocenters. The largest absolute Gasteiger partial charge is 0.456 e. The summed E-state index contributed by atoms with van der Waals surface area (Å²) in [6.45, 7) is 0. The van der Waals surface area contributed by atoms with Crippen molar-refractivity contribution in [3.05, 3.63) is 199 Å². The third-order valence-electron chi connectivity index (χ3n) is 9.96. The van der Waals surface area contributed by atoms with Crippen LogP contribution in [0, 0.1) is 0 Å². The molecule has 8 aromatic carbocycles. The predicted molar refractivity (Wildman–Crippen MR) is 225 cm³/mol. The van der Waals surface area contributed by atoms with Crippen molar-refractivity contribution in [3.8, 4) is 5.69 Å². The van der Waals surface area contributed by atoms with E-state index >= 15 is 0 Å². The van der Waals surface area contributed by atoms with Gasteiger partial charge in [-0.2, -0.15) is 0 Å². The fraction of sp³-hybridized carbons (Fsp3) is 0. The molecule has 0 amide bonds. The minimum atomic E-state index is 0.872. The topological polar surface area (TPSA) is 24.6 Å². The van der Waals surface area contributed by atoms with Gasteiger partial charge in [0.15, 0.2) is 0 Å². The molecule has 0 saturated carbocycles. The number of anilines is 6. The molecule has 0 aliphatic rings. The van der Waals surface area contributed by atoms with E-state index in [2.05, 4.69) is 212 Å². The molecule has 0 saturated heterocycles. The van der Waals surface area contributed by atoms with Crippen LogP contribution in [0.2, 0.25) is 0 Å². The summed E-state index contributed by atoms with van der Waals surface area (Å²) in [5.74, 6) is 0. The van der Waals surface area contributed by atoms with E-state index in [-0.39, 0.29) is 0 Å². The molecule has 0 bridgehead atoms. The fourth-order valence-corrected chi connectivity index (χ4v) is 8.14. The molecule has 2 heterocycles. The summed E-state index contributed by atoms with van der Waals surface area (Å²) in [6, 6.07) is 68.6. The molecule has 5 heteroatoms. The zero-order chi connectivity index (χ0) is 35.3. The van der Waals surface area contributed by atoms with Crippen molar-refractivity contribution in [2.75, 3.05) is 9.80 Å². The van der Waals surface area contributed by atoms with Gasteiger partial charge in [-0.15, -0.1) is 0 Å². The lowest BCUT2D eigenvalue weighted by molar-refractivity contribution is 0.669. The standard InChI is InChI=1S/C48H32BrN3O/c49-33-28-39(50(34-14-4-1-5-15-34)37-25-27-48-44(31-37)43-21-11-13-23-47(43)53-48)30-40(29-33)51(35-16-6-2-7-17-35)38-24-26-42-41-20-10-12-22-45(41)52(46(42)32-38)36-18-8-3-9-19-36/h1-32H. The molecule has 10 aromatic rings. The first-order valence-corrected chi connectivity index (χ1v) is 18.5. The Labute approximate surface area is 315 Å². The lowest BCUT2D eigenvalue weighted by Crippen LogP contribution is -2.13. The molecule has 0 fully saturated rings. The maximum absolute atomic E-state index is 6.22. The zero-order valence-electron chi connectivity index (χ0n) is 28.6. The van der Waals surface area contributed by atoms with E-state index in [4.69, 9.17) is 4.42 Å². The van der Waals surface area contributed by atoms with Gasteiger partial charge in [0, 0.05) is 65.8 Å². The van der Waals surface area contributed by atoms with Crippen LogP contribution in [0.15, 0.2) is 203 Å². The molecule has 0 aliphatic heterocycles. The lowest BCUT2D eigenvalue weighted by atomic mass is 10.1. The summed E-state index contributed by atoms with van der Waals surface area (Å²) in [6.07, 6.45) is 0. The Hall–Kier alpha value is -6.56. The van der Waals surface area contributed by atoms with E-state index in [1.54, 1.807) is 0 Å². The van der Waals surface area contributed by atoms with Gasteiger partial charge < -0.3 is 18.8 Å². The molecule has 0 atom stereocenters. The van der Waals surface area contributed by atoms with E-state index in [1.165, 1.54) is 16.3 Å². The van der Waals surface area contributed by atoms with Gasteiger partial charge in [0.25, 0.3) is 0 Å². The van der Waals surface area contributed by atoms with E-state index in [0.717, 1.165) is 71.7 Å². The second-order valence-electron chi connectivity index (χ2n) is 13.2. The summed E-state index contributed by atoms with van der Waals surface area (Å²) in [5, 5.41) is 4.64.